The summed E-state index contributed by atoms with van der Waals surface area (Å²) in [6.45, 7) is 4.17. The van der Waals surface area contributed by atoms with Gasteiger partial charge in [-0.1, -0.05) is 85.5 Å². The van der Waals surface area contributed by atoms with E-state index < -0.39 is 0 Å². The lowest BCUT2D eigenvalue weighted by Crippen LogP contribution is -2.00. The van der Waals surface area contributed by atoms with Crippen LogP contribution >= 0.6 is 0 Å². The lowest BCUT2D eigenvalue weighted by Gasteiger charge is -2.14. The minimum absolute atomic E-state index is 0.982. The van der Waals surface area contributed by atoms with Crippen LogP contribution in [0.15, 0.2) is 158 Å². The van der Waals surface area contributed by atoms with Crippen LogP contribution in [-0.2, 0) is 0 Å². The maximum atomic E-state index is 4.87. The van der Waals surface area contributed by atoms with E-state index in [1.165, 1.54) is 22.3 Å². The second-order valence-electron chi connectivity index (χ2n) is 11.6. The monoisotopic (exact) mass is 588 g/mol. The van der Waals surface area contributed by atoms with Gasteiger partial charge in [-0.2, -0.15) is 0 Å². The summed E-state index contributed by atoms with van der Waals surface area (Å²) >= 11 is 0. The van der Waals surface area contributed by atoms with Gasteiger partial charge < -0.3 is 9.13 Å². The minimum atomic E-state index is 0.982. The Labute approximate surface area is 266 Å². The van der Waals surface area contributed by atoms with Gasteiger partial charge in [0.2, 0.25) is 0 Å². The van der Waals surface area contributed by atoms with Crippen molar-refractivity contribution in [2.75, 3.05) is 0 Å². The molecule has 0 amide bonds. The third kappa shape index (κ3) is 4.08. The van der Waals surface area contributed by atoms with Gasteiger partial charge in [-0.15, -0.1) is 0 Å². The number of rotatable bonds is 5. The van der Waals surface area contributed by atoms with Gasteiger partial charge in [-0.25, -0.2) is 0 Å². The van der Waals surface area contributed by atoms with Crippen LogP contribution in [0.2, 0.25) is 0 Å². The summed E-state index contributed by atoms with van der Waals surface area (Å²) in [4.78, 5) is 9.73. The molecule has 0 bridgehead atoms. The highest BCUT2D eigenvalue weighted by Gasteiger charge is 2.18. The summed E-state index contributed by atoms with van der Waals surface area (Å²) in [6, 6.07) is 49.4. The van der Waals surface area contributed by atoms with E-state index in [-0.39, 0.29) is 0 Å². The van der Waals surface area contributed by atoms with Gasteiger partial charge in [0.05, 0.1) is 33.1 Å². The van der Waals surface area contributed by atoms with Crippen molar-refractivity contribution in [3.8, 4) is 33.6 Å². The van der Waals surface area contributed by atoms with Crippen molar-refractivity contribution in [2.45, 2.75) is 0 Å². The maximum absolute atomic E-state index is 4.87. The molecule has 0 fully saturated rings. The standard InChI is InChI=1S/C42H28N4/c1-2-28-23-33(45-37-19-17-31(29-11-5-3-6-12-29)25-35(37)41-39(45)15-9-21-43-41)27-34(24-28)46-38-20-18-32(30-13-7-4-8-14-30)26-36(38)42-40(46)16-10-22-44-42/h2-27H,1H2. The molecular weight excluding hydrogens is 560 g/mol. The maximum Gasteiger partial charge on any atom is 0.0963 e. The van der Waals surface area contributed by atoms with Crippen LogP contribution in [-0.4, -0.2) is 19.1 Å². The van der Waals surface area contributed by atoms with Gasteiger partial charge in [-0.3, -0.25) is 9.97 Å². The Hall–Kier alpha value is -6.26. The van der Waals surface area contributed by atoms with Crippen molar-refractivity contribution in [3.63, 3.8) is 0 Å². The number of aromatic nitrogens is 4. The van der Waals surface area contributed by atoms with Gasteiger partial charge in [0.25, 0.3) is 0 Å². The SMILES string of the molecule is C=Cc1cc(-n2c3ccc(-c4ccccc4)cc3c3ncccc32)cc(-n2c3ccc(-c4ccccc4)cc3c3ncccc32)c1. The average molecular weight is 589 g/mol. The highest BCUT2D eigenvalue weighted by Crippen LogP contribution is 2.37. The Morgan fingerprint density at radius 1 is 0.435 bits per heavy atom. The van der Waals surface area contributed by atoms with Crippen molar-refractivity contribution in [1.29, 1.82) is 0 Å². The number of benzene rings is 5. The summed E-state index contributed by atoms with van der Waals surface area (Å²) in [5.41, 5.74) is 14.2. The summed E-state index contributed by atoms with van der Waals surface area (Å²) in [6.07, 6.45) is 5.68. The third-order valence-corrected chi connectivity index (χ3v) is 8.93. The molecule has 0 N–H and O–H groups in total. The highest BCUT2D eigenvalue weighted by molar-refractivity contribution is 6.10. The number of hydrogen-bond acceptors (Lipinski definition) is 2. The normalized spacial score (nSPS) is 11.6. The van der Waals surface area contributed by atoms with Crippen LogP contribution in [0, 0.1) is 0 Å². The van der Waals surface area contributed by atoms with Crippen LogP contribution in [0.1, 0.15) is 5.56 Å². The fraction of sp³-hybridized carbons (Fsp3) is 0. The van der Waals surface area contributed by atoms with E-state index in [1.807, 2.05) is 30.6 Å². The van der Waals surface area contributed by atoms with Crippen molar-refractivity contribution < 1.29 is 0 Å². The van der Waals surface area contributed by atoms with E-state index in [2.05, 4.69) is 143 Å². The van der Waals surface area contributed by atoms with Crippen molar-refractivity contribution in [2.24, 2.45) is 0 Å². The van der Waals surface area contributed by atoms with Gasteiger partial charge in [-0.05, 0) is 94.5 Å². The number of nitrogens with zero attached hydrogens (tertiary/aromatic N) is 4. The molecule has 9 aromatic rings. The zero-order chi connectivity index (χ0) is 30.6. The molecule has 9 rings (SSSR count). The summed E-state index contributed by atoms with van der Waals surface area (Å²) in [5, 5.41) is 2.24. The van der Waals surface area contributed by atoms with Gasteiger partial charge in [0.15, 0.2) is 0 Å². The first-order valence-corrected chi connectivity index (χ1v) is 15.4. The first-order valence-electron chi connectivity index (χ1n) is 15.4. The molecule has 0 spiro atoms. The summed E-state index contributed by atoms with van der Waals surface area (Å²) < 4.78 is 4.64. The molecule has 5 aromatic carbocycles. The summed E-state index contributed by atoms with van der Waals surface area (Å²) in [7, 11) is 0. The van der Waals surface area contributed by atoms with Gasteiger partial charge in [0, 0.05) is 34.5 Å². The molecule has 4 nitrogen and oxygen atoms in total. The second-order valence-corrected chi connectivity index (χ2v) is 11.6. The second kappa shape index (κ2) is 10.4. The highest BCUT2D eigenvalue weighted by atomic mass is 15.0. The van der Waals surface area contributed by atoms with Crippen LogP contribution in [0.4, 0.5) is 0 Å². The van der Waals surface area contributed by atoms with Crippen molar-refractivity contribution >= 4 is 49.9 Å². The Bertz CT molecular complexity index is 2420. The number of hydrogen-bond donors (Lipinski definition) is 0. The molecule has 0 radical (unpaired) electrons. The van der Waals surface area contributed by atoms with Gasteiger partial charge in [0.1, 0.15) is 0 Å². The van der Waals surface area contributed by atoms with Crippen LogP contribution in [0.25, 0.3) is 83.6 Å². The fourth-order valence-corrected chi connectivity index (χ4v) is 6.84. The minimum Gasteiger partial charge on any atom is -0.308 e. The molecule has 4 aromatic heterocycles. The molecule has 0 aliphatic carbocycles. The molecule has 46 heavy (non-hydrogen) atoms. The van der Waals surface area contributed by atoms with E-state index >= 15 is 0 Å². The molecular formula is C42H28N4. The Balaban J connectivity index is 1.29. The van der Waals surface area contributed by atoms with Crippen molar-refractivity contribution in [1.82, 2.24) is 19.1 Å². The Morgan fingerprint density at radius 2 is 0.913 bits per heavy atom. The number of pyridine rings is 2. The largest absolute Gasteiger partial charge is 0.308 e. The average Bonchev–Trinajstić information content (AvgIpc) is 3.64. The smallest absolute Gasteiger partial charge is 0.0963 e. The zero-order valence-corrected chi connectivity index (χ0v) is 25.0. The lowest BCUT2D eigenvalue weighted by atomic mass is 10.0. The first kappa shape index (κ1) is 26.2. The van der Waals surface area contributed by atoms with Crippen LogP contribution < -0.4 is 0 Å². The molecule has 4 heterocycles. The topological polar surface area (TPSA) is 35.6 Å². The molecule has 0 aliphatic heterocycles. The molecule has 4 heteroatoms. The van der Waals surface area contributed by atoms with Crippen molar-refractivity contribution in [3.05, 3.63) is 164 Å². The Morgan fingerprint density at radius 3 is 1.37 bits per heavy atom. The molecule has 0 atom stereocenters. The molecule has 0 unspecified atom stereocenters. The fourth-order valence-electron chi connectivity index (χ4n) is 6.84. The Kier molecular flexibility index (Phi) is 5.93. The molecule has 0 aliphatic rings. The lowest BCUT2D eigenvalue weighted by molar-refractivity contribution is 1.13. The molecule has 0 saturated carbocycles. The predicted octanol–water partition coefficient (Wildman–Crippen LogP) is 10.6. The predicted molar refractivity (Wildman–Crippen MR) is 192 cm³/mol. The van der Waals surface area contributed by atoms with E-state index in [0.717, 1.165) is 60.8 Å². The van der Waals surface area contributed by atoms with E-state index in [9.17, 15) is 0 Å². The van der Waals surface area contributed by atoms with E-state index in [1.54, 1.807) is 0 Å². The van der Waals surface area contributed by atoms with Crippen LogP contribution in [0.3, 0.4) is 0 Å². The first-order chi connectivity index (χ1) is 22.8. The molecule has 0 saturated heterocycles. The zero-order valence-electron chi connectivity index (χ0n) is 25.0. The molecule has 216 valence electrons. The van der Waals surface area contributed by atoms with E-state index in [4.69, 9.17) is 9.97 Å². The van der Waals surface area contributed by atoms with Crippen LogP contribution in [0.5, 0.6) is 0 Å². The van der Waals surface area contributed by atoms with Gasteiger partial charge >= 0.3 is 0 Å². The third-order valence-electron chi connectivity index (χ3n) is 8.93. The summed E-state index contributed by atoms with van der Waals surface area (Å²) in [5.74, 6) is 0. The number of fused-ring (bicyclic) bond motifs is 6. The van der Waals surface area contributed by atoms with E-state index in [0.29, 0.717) is 0 Å². The quantitative estimate of drug-likeness (QED) is 0.200.